The highest BCUT2D eigenvalue weighted by Crippen LogP contribution is 2.55. The normalized spacial score (nSPS) is 12.9. The number of hydroxylamine groups is 2. The van der Waals surface area contributed by atoms with Crippen molar-refractivity contribution in [3.8, 4) is 10.4 Å². The maximum atomic E-state index is 11.9. The number of amides is 1. The Labute approximate surface area is 138 Å². The van der Waals surface area contributed by atoms with Gasteiger partial charge in [-0.2, -0.15) is 0 Å². The lowest BCUT2D eigenvalue weighted by Gasteiger charge is -2.23. The van der Waals surface area contributed by atoms with Gasteiger partial charge in [0.2, 0.25) is 5.91 Å². The summed E-state index contributed by atoms with van der Waals surface area (Å²) in [7, 11) is -4.46. The van der Waals surface area contributed by atoms with E-state index in [1.807, 2.05) is 29.6 Å². The lowest BCUT2D eigenvalue weighted by molar-refractivity contribution is -0.162. The summed E-state index contributed by atoms with van der Waals surface area (Å²) >= 11 is 1.48. The molecule has 1 aromatic heterocycles. The molecule has 0 aliphatic rings. The monoisotopic (exact) mass is 355 g/mol. The average Bonchev–Trinajstić information content (AvgIpc) is 3.00. The summed E-state index contributed by atoms with van der Waals surface area (Å²) in [6, 6.07) is 10.8. The Morgan fingerprint density at radius 3 is 2.52 bits per heavy atom. The second-order valence-electron chi connectivity index (χ2n) is 5.10. The fourth-order valence-corrected chi connectivity index (χ4v) is 4.16. The molecule has 0 fully saturated rings. The van der Waals surface area contributed by atoms with Crippen LogP contribution in [0.15, 0.2) is 41.8 Å². The first-order valence-electron chi connectivity index (χ1n) is 6.95. The van der Waals surface area contributed by atoms with Crippen molar-refractivity contribution in [3.63, 3.8) is 0 Å². The molecular formula is C15H18NO5PS. The van der Waals surface area contributed by atoms with E-state index in [4.69, 9.17) is 0 Å². The van der Waals surface area contributed by atoms with Crippen molar-refractivity contribution in [1.29, 1.82) is 0 Å². The van der Waals surface area contributed by atoms with Crippen molar-refractivity contribution in [3.05, 3.63) is 47.3 Å². The molecule has 23 heavy (non-hydrogen) atoms. The van der Waals surface area contributed by atoms with Crippen LogP contribution in [-0.2, 0) is 9.36 Å². The van der Waals surface area contributed by atoms with Gasteiger partial charge < -0.3 is 9.79 Å². The number of carbonyl (C=O) groups excluding carboxylic acids is 1. The van der Waals surface area contributed by atoms with E-state index in [2.05, 4.69) is 0 Å². The lowest BCUT2D eigenvalue weighted by atomic mass is 10.0. The Morgan fingerprint density at radius 1 is 1.26 bits per heavy atom. The van der Waals surface area contributed by atoms with Gasteiger partial charge in [-0.3, -0.25) is 14.6 Å². The summed E-state index contributed by atoms with van der Waals surface area (Å²) in [5.74, 6) is -0.569. The summed E-state index contributed by atoms with van der Waals surface area (Å²) in [5.41, 5.74) is 0.179. The van der Waals surface area contributed by atoms with E-state index in [1.54, 1.807) is 12.1 Å². The van der Waals surface area contributed by atoms with Gasteiger partial charge in [-0.1, -0.05) is 30.3 Å². The minimum Gasteiger partial charge on any atom is -0.324 e. The molecule has 1 heterocycles. The first kappa shape index (κ1) is 17.8. The third-order valence-electron chi connectivity index (χ3n) is 3.49. The second-order valence-corrected chi connectivity index (χ2v) is 7.85. The van der Waals surface area contributed by atoms with Gasteiger partial charge in [-0.05, 0) is 29.0 Å². The van der Waals surface area contributed by atoms with Crippen LogP contribution in [0.4, 0.5) is 0 Å². The van der Waals surface area contributed by atoms with E-state index in [-0.39, 0.29) is 13.0 Å². The fraction of sp³-hybridized carbons (Fsp3) is 0.267. The van der Waals surface area contributed by atoms with E-state index in [9.17, 15) is 24.4 Å². The predicted octanol–water partition coefficient (Wildman–Crippen LogP) is 3.26. The van der Waals surface area contributed by atoms with E-state index in [0.29, 0.717) is 10.6 Å². The molecule has 0 saturated heterocycles. The Bertz CT molecular complexity index is 712. The molecule has 124 valence electrons. The largest absolute Gasteiger partial charge is 0.333 e. The van der Waals surface area contributed by atoms with Crippen LogP contribution in [0.3, 0.4) is 0 Å². The first-order valence-corrected chi connectivity index (χ1v) is 9.52. The van der Waals surface area contributed by atoms with Crippen LogP contribution in [0.2, 0.25) is 0 Å². The van der Waals surface area contributed by atoms with Crippen molar-refractivity contribution in [1.82, 2.24) is 5.06 Å². The highest BCUT2D eigenvalue weighted by atomic mass is 32.1. The van der Waals surface area contributed by atoms with Gasteiger partial charge in [-0.15, -0.1) is 11.3 Å². The van der Waals surface area contributed by atoms with Crippen LogP contribution in [0.25, 0.3) is 10.4 Å². The standard InChI is InChI=1S/C15H18NO5PS/c1-11(17)16(18)9-8-14(22(19,20)21)12-5-2-3-6-13(12)15-7-4-10-23-15/h2-7,10,14,18H,8-9H2,1H3,(H2,19,20,21). The van der Waals surface area contributed by atoms with Gasteiger partial charge in [0, 0.05) is 18.3 Å². The SMILES string of the molecule is CC(=O)N(O)CCC(c1ccccc1-c1cccs1)P(=O)(O)O. The summed E-state index contributed by atoms with van der Waals surface area (Å²) in [4.78, 5) is 31.5. The van der Waals surface area contributed by atoms with Crippen molar-refractivity contribution in [2.24, 2.45) is 0 Å². The van der Waals surface area contributed by atoms with Crippen LogP contribution in [0.1, 0.15) is 24.6 Å². The van der Waals surface area contributed by atoms with Crippen LogP contribution < -0.4 is 0 Å². The quantitative estimate of drug-likeness (QED) is 0.420. The number of hydrogen-bond donors (Lipinski definition) is 3. The third-order valence-corrected chi connectivity index (χ3v) is 5.74. The minimum atomic E-state index is -4.46. The van der Waals surface area contributed by atoms with Crippen LogP contribution in [0, 0.1) is 0 Å². The zero-order chi connectivity index (χ0) is 17.0. The Hall–Kier alpha value is -1.50. The molecule has 6 nitrogen and oxygen atoms in total. The average molecular weight is 355 g/mol. The molecule has 0 radical (unpaired) electrons. The zero-order valence-electron chi connectivity index (χ0n) is 12.5. The van der Waals surface area contributed by atoms with Crippen LogP contribution >= 0.6 is 18.9 Å². The first-order chi connectivity index (χ1) is 10.8. The molecule has 0 spiro atoms. The Balaban J connectivity index is 2.37. The van der Waals surface area contributed by atoms with Crippen LogP contribution in [0.5, 0.6) is 0 Å². The molecular weight excluding hydrogens is 337 g/mol. The van der Waals surface area contributed by atoms with E-state index < -0.39 is 19.2 Å². The number of hydrogen-bond acceptors (Lipinski definition) is 4. The summed E-state index contributed by atoms with van der Waals surface area (Å²) in [5, 5.41) is 11.8. The molecule has 3 N–H and O–H groups in total. The molecule has 0 aliphatic heterocycles. The molecule has 8 heteroatoms. The molecule has 2 aromatic rings. The minimum absolute atomic E-state index is 0.0389. The number of thiophene rings is 1. The summed E-state index contributed by atoms with van der Waals surface area (Å²) < 4.78 is 11.9. The van der Waals surface area contributed by atoms with E-state index in [1.165, 1.54) is 18.3 Å². The molecule has 0 aliphatic carbocycles. The van der Waals surface area contributed by atoms with Crippen molar-refractivity contribution in [2.45, 2.75) is 19.0 Å². The lowest BCUT2D eigenvalue weighted by Crippen LogP contribution is -2.26. The molecule has 1 unspecified atom stereocenters. The maximum absolute atomic E-state index is 11.9. The molecule has 1 atom stereocenters. The Morgan fingerprint density at radius 2 is 1.96 bits per heavy atom. The Kier molecular flexibility index (Phi) is 5.73. The molecule has 2 rings (SSSR count). The highest BCUT2D eigenvalue weighted by molar-refractivity contribution is 7.52. The van der Waals surface area contributed by atoms with Crippen LogP contribution in [-0.4, -0.2) is 32.5 Å². The fourth-order valence-electron chi connectivity index (χ4n) is 2.35. The van der Waals surface area contributed by atoms with Gasteiger partial charge in [0.15, 0.2) is 0 Å². The number of rotatable bonds is 6. The number of benzene rings is 1. The van der Waals surface area contributed by atoms with Gasteiger partial charge in [-0.25, -0.2) is 5.06 Å². The number of carbonyl (C=O) groups is 1. The van der Waals surface area contributed by atoms with Gasteiger partial charge in [0.25, 0.3) is 0 Å². The van der Waals surface area contributed by atoms with Crippen molar-refractivity contribution >= 4 is 24.8 Å². The van der Waals surface area contributed by atoms with Gasteiger partial charge in [0.05, 0.1) is 5.66 Å². The molecule has 1 amide bonds. The summed E-state index contributed by atoms with van der Waals surface area (Å²) in [6.45, 7) is 1.04. The van der Waals surface area contributed by atoms with Gasteiger partial charge in [0.1, 0.15) is 0 Å². The second kappa shape index (κ2) is 7.38. The van der Waals surface area contributed by atoms with Crippen molar-refractivity contribution < 1.29 is 24.4 Å². The number of nitrogens with zero attached hydrogens (tertiary/aromatic N) is 1. The topological polar surface area (TPSA) is 98.1 Å². The molecule has 1 aromatic carbocycles. The van der Waals surface area contributed by atoms with Crippen molar-refractivity contribution in [2.75, 3.05) is 6.54 Å². The van der Waals surface area contributed by atoms with E-state index in [0.717, 1.165) is 10.4 Å². The smallest absolute Gasteiger partial charge is 0.324 e. The summed E-state index contributed by atoms with van der Waals surface area (Å²) in [6.07, 6.45) is -0.0389. The predicted molar refractivity (Wildman–Crippen MR) is 88.3 cm³/mol. The molecule has 0 saturated carbocycles. The maximum Gasteiger partial charge on any atom is 0.333 e. The van der Waals surface area contributed by atoms with E-state index >= 15 is 0 Å². The third kappa shape index (κ3) is 4.50. The van der Waals surface area contributed by atoms with Gasteiger partial charge >= 0.3 is 7.60 Å². The highest BCUT2D eigenvalue weighted by Gasteiger charge is 2.32. The zero-order valence-corrected chi connectivity index (χ0v) is 14.2. The molecule has 0 bridgehead atoms.